The number of piperidine rings is 1. The highest BCUT2D eigenvalue weighted by Gasteiger charge is 2.23. The maximum Gasteiger partial charge on any atom is 0.303 e. The van der Waals surface area contributed by atoms with E-state index in [2.05, 4.69) is 5.92 Å². The number of hydrogen-bond donors (Lipinski definition) is 1. The normalized spacial score (nSPS) is 16.8. The molecule has 0 unspecified atom stereocenters. The van der Waals surface area contributed by atoms with Gasteiger partial charge in [-0.15, -0.1) is 12.3 Å². The first kappa shape index (κ1) is 12.6. The van der Waals surface area contributed by atoms with Gasteiger partial charge in [-0.25, -0.2) is 0 Å². The summed E-state index contributed by atoms with van der Waals surface area (Å²) in [5.41, 5.74) is 0. The van der Waals surface area contributed by atoms with Crippen molar-refractivity contribution in [2.45, 2.75) is 32.1 Å². The first-order valence-corrected chi connectivity index (χ1v) is 5.56. The summed E-state index contributed by atoms with van der Waals surface area (Å²) in [6.07, 6.45) is 7.77. The molecule has 1 rings (SSSR count). The molecule has 1 saturated heterocycles. The lowest BCUT2D eigenvalue weighted by molar-refractivity contribution is -0.138. The van der Waals surface area contributed by atoms with Crippen LogP contribution < -0.4 is 0 Å². The Kier molecular flexibility index (Phi) is 4.84. The molecule has 0 saturated carbocycles. The number of carboxylic acids is 1. The van der Waals surface area contributed by atoms with Crippen LogP contribution in [0.3, 0.4) is 0 Å². The molecule has 1 N–H and O–H groups in total. The molecule has 1 amide bonds. The second kappa shape index (κ2) is 6.16. The number of carbonyl (C=O) groups excluding carboxylic acids is 1. The lowest BCUT2D eigenvalue weighted by atomic mass is 9.93. The number of hydrogen-bond acceptors (Lipinski definition) is 2. The van der Waals surface area contributed by atoms with Crippen LogP contribution in [-0.2, 0) is 9.59 Å². The van der Waals surface area contributed by atoms with Crippen molar-refractivity contribution >= 4 is 11.9 Å². The second-order valence-electron chi connectivity index (χ2n) is 4.13. The van der Waals surface area contributed by atoms with E-state index in [1.807, 2.05) is 0 Å². The number of likely N-dealkylation sites (tertiary alicyclic amines) is 1. The lowest BCUT2D eigenvalue weighted by Crippen LogP contribution is -2.38. The van der Waals surface area contributed by atoms with Crippen LogP contribution in [0.2, 0.25) is 0 Å². The minimum absolute atomic E-state index is 0.0896. The fraction of sp³-hybridized carbons (Fsp3) is 0.667. The first-order valence-electron chi connectivity index (χ1n) is 5.56. The number of carbonyl (C=O) groups is 2. The SMILES string of the molecule is C#CCCC(=O)N1CCC(CC(=O)O)CC1. The van der Waals surface area contributed by atoms with E-state index < -0.39 is 5.97 Å². The first-order chi connectivity index (χ1) is 7.63. The topological polar surface area (TPSA) is 57.6 Å². The molecule has 0 spiro atoms. The average molecular weight is 223 g/mol. The molecule has 1 aliphatic rings. The van der Waals surface area contributed by atoms with Crippen molar-refractivity contribution in [1.29, 1.82) is 0 Å². The van der Waals surface area contributed by atoms with Crippen LogP contribution >= 0.6 is 0 Å². The third kappa shape index (κ3) is 3.93. The molecular weight excluding hydrogens is 206 g/mol. The number of amides is 1. The smallest absolute Gasteiger partial charge is 0.303 e. The molecule has 1 fully saturated rings. The highest BCUT2D eigenvalue weighted by molar-refractivity contribution is 5.76. The molecule has 0 aliphatic carbocycles. The van der Waals surface area contributed by atoms with Crippen LogP contribution in [0.5, 0.6) is 0 Å². The van der Waals surface area contributed by atoms with Gasteiger partial charge in [-0.2, -0.15) is 0 Å². The highest BCUT2D eigenvalue weighted by Crippen LogP contribution is 2.20. The van der Waals surface area contributed by atoms with Crippen molar-refractivity contribution in [3.8, 4) is 12.3 Å². The summed E-state index contributed by atoms with van der Waals surface area (Å²) in [6, 6.07) is 0. The van der Waals surface area contributed by atoms with E-state index in [4.69, 9.17) is 11.5 Å². The summed E-state index contributed by atoms with van der Waals surface area (Å²) >= 11 is 0. The van der Waals surface area contributed by atoms with Crippen LogP contribution in [-0.4, -0.2) is 35.0 Å². The van der Waals surface area contributed by atoms with Gasteiger partial charge in [-0.3, -0.25) is 9.59 Å². The van der Waals surface area contributed by atoms with Crippen LogP contribution in [0, 0.1) is 18.3 Å². The molecular formula is C12H17NO3. The number of aliphatic carboxylic acids is 1. The Bertz CT molecular complexity index is 298. The highest BCUT2D eigenvalue weighted by atomic mass is 16.4. The Morgan fingerprint density at radius 2 is 2.00 bits per heavy atom. The third-order valence-electron chi connectivity index (χ3n) is 2.91. The molecule has 1 aliphatic heterocycles. The molecule has 0 aromatic carbocycles. The number of carboxylic acid groups (broad SMARTS) is 1. The van der Waals surface area contributed by atoms with E-state index in [9.17, 15) is 9.59 Å². The fourth-order valence-electron chi connectivity index (χ4n) is 1.97. The quantitative estimate of drug-likeness (QED) is 0.726. The van der Waals surface area contributed by atoms with Crippen molar-refractivity contribution in [2.75, 3.05) is 13.1 Å². The Balaban J connectivity index is 2.29. The standard InChI is InChI=1S/C12H17NO3/c1-2-3-4-11(14)13-7-5-10(6-8-13)9-12(15)16/h1,10H,3-9H2,(H,15,16). The van der Waals surface area contributed by atoms with Crippen molar-refractivity contribution < 1.29 is 14.7 Å². The zero-order chi connectivity index (χ0) is 12.0. The van der Waals surface area contributed by atoms with Gasteiger partial charge in [0.25, 0.3) is 0 Å². The van der Waals surface area contributed by atoms with E-state index in [0.717, 1.165) is 12.8 Å². The monoisotopic (exact) mass is 223 g/mol. The molecule has 4 heteroatoms. The van der Waals surface area contributed by atoms with Gasteiger partial charge in [-0.05, 0) is 18.8 Å². The van der Waals surface area contributed by atoms with Crippen LogP contribution in [0.25, 0.3) is 0 Å². The second-order valence-corrected chi connectivity index (χ2v) is 4.13. The minimum atomic E-state index is -0.753. The molecule has 0 radical (unpaired) electrons. The van der Waals surface area contributed by atoms with E-state index in [1.54, 1.807) is 4.90 Å². The molecule has 0 aromatic heterocycles. The van der Waals surface area contributed by atoms with Gasteiger partial charge in [0.2, 0.25) is 5.91 Å². The van der Waals surface area contributed by atoms with Gasteiger partial charge in [0.05, 0.1) is 0 Å². The summed E-state index contributed by atoms with van der Waals surface area (Å²) < 4.78 is 0. The largest absolute Gasteiger partial charge is 0.481 e. The van der Waals surface area contributed by atoms with E-state index in [-0.39, 0.29) is 18.2 Å². The van der Waals surface area contributed by atoms with Crippen LogP contribution in [0.4, 0.5) is 0 Å². The van der Waals surface area contributed by atoms with Crippen molar-refractivity contribution in [1.82, 2.24) is 4.90 Å². The zero-order valence-corrected chi connectivity index (χ0v) is 9.32. The molecule has 1 heterocycles. The molecule has 0 bridgehead atoms. The zero-order valence-electron chi connectivity index (χ0n) is 9.32. The maximum absolute atomic E-state index is 11.6. The number of rotatable bonds is 4. The summed E-state index contributed by atoms with van der Waals surface area (Å²) in [5.74, 6) is 2.00. The van der Waals surface area contributed by atoms with Crippen molar-refractivity contribution in [3.63, 3.8) is 0 Å². The molecule has 4 nitrogen and oxygen atoms in total. The number of nitrogens with zero attached hydrogens (tertiary/aromatic N) is 1. The molecule has 88 valence electrons. The fourth-order valence-corrected chi connectivity index (χ4v) is 1.97. The van der Waals surface area contributed by atoms with Crippen molar-refractivity contribution in [3.05, 3.63) is 0 Å². The van der Waals surface area contributed by atoms with Gasteiger partial charge in [0.15, 0.2) is 0 Å². The third-order valence-corrected chi connectivity index (χ3v) is 2.91. The van der Waals surface area contributed by atoms with Gasteiger partial charge in [-0.1, -0.05) is 0 Å². The average Bonchev–Trinajstić information content (AvgIpc) is 2.26. The summed E-state index contributed by atoms with van der Waals surface area (Å²) in [7, 11) is 0. The van der Waals surface area contributed by atoms with Gasteiger partial charge >= 0.3 is 5.97 Å². The summed E-state index contributed by atoms with van der Waals surface area (Å²) in [4.78, 5) is 23.9. The molecule has 16 heavy (non-hydrogen) atoms. The van der Waals surface area contributed by atoms with E-state index >= 15 is 0 Å². The lowest BCUT2D eigenvalue weighted by Gasteiger charge is -2.31. The van der Waals surface area contributed by atoms with Crippen LogP contribution in [0.1, 0.15) is 32.1 Å². The predicted octanol–water partition coefficient (Wildman–Crippen LogP) is 1.11. The van der Waals surface area contributed by atoms with Crippen molar-refractivity contribution in [2.24, 2.45) is 5.92 Å². The summed E-state index contributed by atoms with van der Waals surface area (Å²) in [6.45, 7) is 1.34. The maximum atomic E-state index is 11.6. The van der Waals surface area contributed by atoms with Gasteiger partial charge in [0, 0.05) is 32.4 Å². The molecule has 0 aromatic rings. The van der Waals surface area contributed by atoms with Gasteiger partial charge in [0.1, 0.15) is 0 Å². The summed E-state index contributed by atoms with van der Waals surface area (Å²) in [5, 5.41) is 8.65. The molecule has 0 atom stereocenters. The van der Waals surface area contributed by atoms with E-state index in [1.165, 1.54) is 0 Å². The number of terminal acetylenes is 1. The Labute approximate surface area is 95.6 Å². The van der Waals surface area contributed by atoms with Gasteiger partial charge < -0.3 is 10.0 Å². The Morgan fingerprint density at radius 3 is 2.50 bits per heavy atom. The van der Waals surface area contributed by atoms with Crippen LogP contribution in [0.15, 0.2) is 0 Å². The minimum Gasteiger partial charge on any atom is -0.481 e. The Hall–Kier alpha value is -1.50. The van der Waals surface area contributed by atoms with E-state index in [0.29, 0.717) is 25.9 Å². The predicted molar refractivity (Wildman–Crippen MR) is 59.6 cm³/mol. The Morgan fingerprint density at radius 1 is 1.38 bits per heavy atom.